The summed E-state index contributed by atoms with van der Waals surface area (Å²) in [6, 6.07) is 7.06. The van der Waals surface area contributed by atoms with E-state index in [1.54, 1.807) is 31.2 Å². The minimum Gasteiger partial charge on any atom is -0.399 e. The van der Waals surface area contributed by atoms with E-state index in [1.165, 1.54) is 0 Å². The molecule has 1 atom stereocenters. The zero-order valence-corrected chi connectivity index (χ0v) is 10.8. The second-order valence-electron chi connectivity index (χ2n) is 4.99. The maximum absolute atomic E-state index is 11.8. The Morgan fingerprint density at radius 3 is 2.59 bits per heavy atom. The van der Waals surface area contributed by atoms with Gasteiger partial charge in [-0.25, -0.2) is 0 Å². The van der Waals surface area contributed by atoms with Gasteiger partial charge in [-0.2, -0.15) is 0 Å². The molecule has 0 aliphatic heterocycles. The van der Waals surface area contributed by atoms with E-state index in [2.05, 4.69) is 5.32 Å². The van der Waals surface area contributed by atoms with Gasteiger partial charge in [0.25, 0.3) is 5.91 Å². The normalized spacial score (nSPS) is 13.2. The number of carbonyl (C=O) groups is 1. The summed E-state index contributed by atoms with van der Waals surface area (Å²) in [6.07, 6.45) is -0.503. The molecule has 1 rings (SSSR count). The number of carbonyl (C=O) groups excluding carboxylic acids is 1. The Morgan fingerprint density at radius 2 is 2.06 bits per heavy atom. The highest BCUT2D eigenvalue weighted by Gasteiger charge is 2.20. The molecule has 0 bridgehead atoms. The first-order valence-corrected chi connectivity index (χ1v) is 5.62. The number of ether oxygens (including phenoxy) is 1. The van der Waals surface area contributed by atoms with Gasteiger partial charge in [0.05, 0.1) is 5.60 Å². The van der Waals surface area contributed by atoms with Crippen LogP contribution >= 0.6 is 0 Å². The van der Waals surface area contributed by atoms with Crippen LogP contribution in [0.3, 0.4) is 0 Å². The fraction of sp³-hybridized carbons (Fsp3) is 0.462. The van der Waals surface area contributed by atoms with Crippen LogP contribution in [-0.2, 0) is 9.53 Å². The first-order valence-electron chi connectivity index (χ1n) is 5.62. The number of amides is 1. The molecule has 0 spiro atoms. The lowest BCUT2D eigenvalue weighted by atomic mass is 10.2. The average molecular weight is 236 g/mol. The number of nitrogen functional groups attached to an aromatic ring is 1. The number of hydrogen-bond acceptors (Lipinski definition) is 3. The Labute approximate surface area is 102 Å². The van der Waals surface area contributed by atoms with Crippen molar-refractivity contribution < 1.29 is 9.53 Å². The molecule has 1 amide bonds. The van der Waals surface area contributed by atoms with E-state index < -0.39 is 6.10 Å². The maximum Gasteiger partial charge on any atom is 0.253 e. The molecule has 4 nitrogen and oxygen atoms in total. The van der Waals surface area contributed by atoms with Crippen molar-refractivity contribution in [1.82, 2.24) is 0 Å². The minimum absolute atomic E-state index is 0.175. The van der Waals surface area contributed by atoms with Gasteiger partial charge < -0.3 is 15.8 Å². The molecule has 3 N–H and O–H groups in total. The zero-order valence-electron chi connectivity index (χ0n) is 10.8. The molecule has 94 valence electrons. The molecule has 1 aromatic carbocycles. The Hall–Kier alpha value is -1.55. The Kier molecular flexibility index (Phi) is 4.12. The summed E-state index contributed by atoms with van der Waals surface area (Å²) in [4.78, 5) is 11.8. The van der Waals surface area contributed by atoms with Gasteiger partial charge in [-0.3, -0.25) is 4.79 Å². The average Bonchev–Trinajstić information content (AvgIpc) is 2.14. The molecule has 17 heavy (non-hydrogen) atoms. The molecule has 0 aliphatic rings. The first-order chi connectivity index (χ1) is 7.78. The standard InChI is InChI=1S/C13H20N2O2/c1-9(17-13(2,3)4)12(16)15-11-7-5-6-10(14)8-11/h5-9H,14H2,1-4H3,(H,15,16). The van der Waals surface area contributed by atoms with Crippen molar-refractivity contribution in [2.45, 2.75) is 39.4 Å². The smallest absolute Gasteiger partial charge is 0.253 e. The van der Waals surface area contributed by atoms with E-state index in [0.717, 1.165) is 0 Å². The van der Waals surface area contributed by atoms with E-state index in [0.29, 0.717) is 11.4 Å². The van der Waals surface area contributed by atoms with Crippen LogP contribution in [-0.4, -0.2) is 17.6 Å². The molecule has 0 fully saturated rings. The summed E-state index contributed by atoms with van der Waals surface area (Å²) >= 11 is 0. The van der Waals surface area contributed by atoms with Crippen LogP contribution in [0.2, 0.25) is 0 Å². The predicted octanol–water partition coefficient (Wildman–Crippen LogP) is 2.41. The van der Waals surface area contributed by atoms with Gasteiger partial charge in [-0.05, 0) is 45.9 Å². The van der Waals surface area contributed by atoms with Crippen LogP contribution in [0.25, 0.3) is 0 Å². The second-order valence-corrected chi connectivity index (χ2v) is 4.99. The van der Waals surface area contributed by atoms with Crippen molar-refractivity contribution >= 4 is 17.3 Å². The SMILES string of the molecule is CC(OC(C)(C)C)C(=O)Nc1cccc(N)c1. The third kappa shape index (κ3) is 4.87. The molecular formula is C13H20N2O2. The minimum atomic E-state index is -0.503. The number of hydrogen-bond donors (Lipinski definition) is 2. The van der Waals surface area contributed by atoms with Crippen LogP contribution in [0.15, 0.2) is 24.3 Å². The largest absolute Gasteiger partial charge is 0.399 e. The monoisotopic (exact) mass is 236 g/mol. The lowest BCUT2D eigenvalue weighted by Gasteiger charge is -2.24. The highest BCUT2D eigenvalue weighted by Crippen LogP contribution is 2.15. The topological polar surface area (TPSA) is 64.3 Å². The number of anilines is 2. The Morgan fingerprint density at radius 1 is 1.41 bits per heavy atom. The number of nitrogens with one attached hydrogen (secondary N) is 1. The lowest BCUT2D eigenvalue weighted by molar-refractivity contribution is -0.135. The van der Waals surface area contributed by atoms with Gasteiger partial charge in [0, 0.05) is 11.4 Å². The van der Waals surface area contributed by atoms with Gasteiger partial charge in [0.15, 0.2) is 0 Å². The van der Waals surface area contributed by atoms with Crippen LogP contribution < -0.4 is 11.1 Å². The number of nitrogens with two attached hydrogens (primary N) is 1. The van der Waals surface area contributed by atoms with Crippen molar-refractivity contribution in [3.8, 4) is 0 Å². The molecule has 0 radical (unpaired) electrons. The maximum atomic E-state index is 11.8. The lowest BCUT2D eigenvalue weighted by Crippen LogP contribution is -2.34. The van der Waals surface area contributed by atoms with E-state index in [1.807, 2.05) is 20.8 Å². The number of rotatable bonds is 3. The van der Waals surface area contributed by atoms with Crippen LogP contribution in [0.1, 0.15) is 27.7 Å². The van der Waals surface area contributed by atoms with Crippen molar-refractivity contribution in [2.75, 3.05) is 11.1 Å². The van der Waals surface area contributed by atoms with Gasteiger partial charge in [0.1, 0.15) is 6.10 Å². The zero-order chi connectivity index (χ0) is 13.1. The highest BCUT2D eigenvalue weighted by molar-refractivity contribution is 5.94. The quantitative estimate of drug-likeness (QED) is 0.792. The fourth-order valence-corrected chi connectivity index (χ4v) is 1.44. The van der Waals surface area contributed by atoms with E-state index >= 15 is 0 Å². The van der Waals surface area contributed by atoms with Crippen molar-refractivity contribution in [2.24, 2.45) is 0 Å². The summed E-state index contributed by atoms with van der Waals surface area (Å²) in [5.41, 5.74) is 6.59. The summed E-state index contributed by atoms with van der Waals surface area (Å²) in [6.45, 7) is 7.47. The molecule has 0 saturated heterocycles. The summed E-state index contributed by atoms with van der Waals surface area (Å²) in [7, 11) is 0. The molecule has 4 heteroatoms. The molecule has 0 aromatic heterocycles. The highest BCUT2D eigenvalue weighted by atomic mass is 16.5. The third-order valence-electron chi connectivity index (χ3n) is 2.05. The van der Waals surface area contributed by atoms with Gasteiger partial charge in [-0.1, -0.05) is 6.07 Å². The predicted molar refractivity (Wildman–Crippen MR) is 69.8 cm³/mol. The van der Waals surface area contributed by atoms with E-state index in [-0.39, 0.29) is 11.5 Å². The van der Waals surface area contributed by atoms with Gasteiger partial charge >= 0.3 is 0 Å². The summed E-state index contributed by atoms with van der Waals surface area (Å²) in [5.74, 6) is -0.175. The molecule has 0 saturated carbocycles. The van der Waals surface area contributed by atoms with Crippen LogP contribution in [0.4, 0.5) is 11.4 Å². The fourth-order valence-electron chi connectivity index (χ4n) is 1.44. The molecule has 0 heterocycles. The molecule has 1 aromatic rings. The third-order valence-corrected chi connectivity index (χ3v) is 2.05. The molecule has 0 aliphatic carbocycles. The molecule has 1 unspecified atom stereocenters. The first kappa shape index (κ1) is 13.5. The summed E-state index contributed by atoms with van der Waals surface area (Å²) < 4.78 is 5.56. The Balaban J connectivity index is 2.60. The molecular weight excluding hydrogens is 216 g/mol. The van der Waals surface area contributed by atoms with Gasteiger partial charge in [-0.15, -0.1) is 0 Å². The summed E-state index contributed by atoms with van der Waals surface area (Å²) in [5, 5.41) is 2.76. The van der Waals surface area contributed by atoms with Crippen molar-refractivity contribution in [3.05, 3.63) is 24.3 Å². The van der Waals surface area contributed by atoms with Gasteiger partial charge in [0.2, 0.25) is 0 Å². The van der Waals surface area contributed by atoms with Crippen molar-refractivity contribution in [3.63, 3.8) is 0 Å². The second kappa shape index (κ2) is 5.19. The van der Waals surface area contributed by atoms with Crippen LogP contribution in [0.5, 0.6) is 0 Å². The van der Waals surface area contributed by atoms with E-state index in [9.17, 15) is 4.79 Å². The number of benzene rings is 1. The van der Waals surface area contributed by atoms with Crippen LogP contribution in [0, 0.1) is 0 Å². The van der Waals surface area contributed by atoms with E-state index in [4.69, 9.17) is 10.5 Å². The van der Waals surface area contributed by atoms with Crippen molar-refractivity contribution in [1.29, 1.82) is 0 Å². The Bertz CT molecular complexity index is 397.